The van der Waals surface area contributed by atoms with Gasteiger partial charge in [-0.05, 0) is 61.8 Å². The molecule has 0 amide bonds. The predicted octanol–water partition coefficient (Wildman–Crippen LogP) is 4.65. The molecule has 112 valence electrons. The van der Waals surface area contributed by atoms with E-state index >= 15 is 0 Å². The topological polar surface area (TPSA) is 37.8 Å². The Labute approximate surface area is 135 Å². The fourth-order valence-electron chi connectivity index (χ4n) is 1.88. The summed E-state index contributed by atoms with van der Waals surface area (Å²) >= 11 is 7.87. The van der Waals surface area contributed by atoms with Crippen LogP contribution in [0.3, 0.4) is 0 Å². The Morgan fingerprint density at radius 3 is 2.62 bits per heavy atom. The molecule has 0 aliphatic carbocycles. The average Bonchev–Trinajstić information content (AvgIpc) is 2.49. The third kappa shape index (κ3) is 4.70. The normalized spacial score (nSPS) is 12.4. The molecule has 2 aromatic rings. The van der Waals surface area contributed by atoms with Gasteiger partial charge in [0.15, 0.2) is 5.16 Å². The summed E-state index contributed by atoms with van der Waals surface area (Å²) < 4.78 is 0. The highest BCUT2D eigenvalue weighted by atomic mass is 35.5. The van der Waals surface area contributed by atoms with Crippen molar-refractivity contribution in [1.29, 1.82) is 0 Å². The van der Waals surface area contributed by atoms with E-state index in [1.807, 2.05) is 31.5 Å². The second kappa shape index (κ2) is 7.78. The summed E-state index contributed by atoms with van der Waals surface area (Å²) in [5.41, 5.74) is 2.25. The molecule has 1 heterocycles. The van der Waals surface area contributed by atoms with Crippen molar-refractivity contribution >= 4 is 23.4 Å². The Balaban J connectivity index is 2.10. The molecular weight excluding hydrogens is 302 g/mol. The molecule has 0 radical (unpaired) electrons. The third-order valence-corrected chi connectivity index (χ3v) is 4.51. The summed E-state index contributed by atoms with van der Waals surface area (Å²) in [5, 5.41) is 4.92. The van der Waals surface area contributed by atoms with Gasteiger partial charge >= 0.3 is 0 Å². The lowest BCUT2D eigenvalue weighted by atomic mass is 10.1. The molecule has 1 aromatic carbocycles. The predicted molar refractivity (Wildman–Crippen MR) is 89.1 cm³/mol. The average molecular weight is 322 g/mol. The van der Waals surface area contributed by atoms with Gasteiger partial charge < -0.3 is 5.32 Å². The maximum atomic E-state index is 6.38. The number of hydrogen-bond donors (Lipinski definition) is 1. The Kier molecular flexibility index (Phi) is 6.03. The van der Waals surface area contributed by atoms with E-state index in [1.165, 1.54) is 17.3 Å². The number of nitrogens with zero attached hydrogens (tertiary/aromatic N) is 2. The van der Waals surface area contributed by atoms with Gasteiger partial charge in [0, 0.05) is 23.3 Å². The quantitative estimate of drug-likeness (QED) is 0.786. The highest BCUT2D eigenvalue weighted by Gasteiger charge is 2.09. The van der Waals surface area contributed by atoms with Crippen molar-refractivity contribution in [3.05, 3.63) is 46.7 Å². The molecule has 1 atom stereocenters. The Bertz CT molecular complexity index is 587. The number of nitrogens with one attached hydrogen (secondary N) is 1. The summed E-state index contributed by atoms with van der Waals surface area (Å²) in [6.07, 6.45) is 4.75. The fourth-order valence-corrected chi connectivity index (χ4v) is 2.88. The highest BCUT2D eigenvalue weighted by Crippen LogP contribution is 2.33. The first-order valence-electron chi connectivity index (χ1n) is 7.09. The van der Waals surface area contributed by atoms with Gasteiger partial charge in [0.25, 0.3) is 0 Å². The molecule has 21 heavy (non-hydrogen) atoms. The summed E-state index contributed by atoms with van der Waals surface area (Å²) in [5.74, 6) is 0. The smallest absolute Gasteiger partial charge is 0.192 e. The molecule has 1 unspecified atom stereocenters. The molecule has 1 aromatic heterocycles. The number of hydrogen-bond acceptors (Lipinski definition) is 4. The van der Waals surface area contributed by atoms with E-state index in [9.17, 15) is 0 Å². The summed E-state index contributed by atoms with van der Waals surface area (Å²) in [6, 6.07) is 6.47. The zero-order valence-corrected chi connectivity index (χ0v) is 14.1. The number of benzene rings is 1. The van der Waals surface area contributed by atoms with Crippen molar-refractivity contribution < 1.29 is 0 Å². The van der Waals surface area contributed by atoms with Gasteiger partial charge in [-0.3, -0.25) is 0 Å². The van der Waals surface area contributed by atoms with Crippen molar-refractivity contribution in [3.8, 4) is 0 Å². The Morgan fingerprint density at radius 2 is 2.00 bits per heavy atom. The number of aromatic nitrogens is 2. The van der Waals surface area contributed by atoms with Crippen LogP contribution in [0.25, 0.3) is 0 Å². The molecule has 0 aliphatic heterocycles. The van der Waals surface area contributed by atoms with Crippen LogP contribution >= 0.6 is 23.4 Å². The SMILES string of the molecule is CCCNC(C)c1ccc(Sc2ncc(C)cn2)c(Cl)c1. The second-order valence-corrected chi connectivity index (χ2v) is 6.43. The van der Waals surface area contributed by atoms with Gasteiger partial charge in [0.2, 0.25) is 0 Å². The van der Waals surface area contributed by atoms with Crippen molar-refractivity contribution in [2.45, 2.75) is 43.3 Å². The second-order valence-electron chi connectivity index (χ2n) is 5.01. The number of aryl methyl sites for hydroxylation is 1. The van der Waals surface area contributed by atoms with Crippen LogP contribution in [0.1, 0.15) is 37.4 Å². The lowest BCUT2D eigenvalue weighted by molar-refractivity contribution is 0.570. The van der Waals surface area contributed by atoms with Crippen molar-refractivity contribution in [3.63, 3.8) is 0 Å². The maximum Gasteiger partial charge on any atom is 0.192 e. The first-order valence-corrected chi connectivity index (χ1v) is 8.29. The van der Waals surface area contributed by atoms with Crippen LogP contribution in [0, 0.1) is 6.92 Å². The van der Waals surface area contributed by atoms with E-state index in [1.54, 1.807) is 0 Å². The van der Waals surface area contributed by atoms with Gasteiger partial charge in [-0.25, -0.2) is 9.97 Å². The molecule has 0 bridgehead atoms. The fraction of sp³-hybridized carbons (Fsp3) is 0.375. The van der Waals surface area contributed by atoms with Crippen molar-refractivity contribution in [2.24, 2.45) is 0 Å². The van der Waals surface area contributed by atoms with Crippen LogP contribution in [-0.4, -0.2) is 16.5 Å². The lowest BCUT2D eigenvalue weighted by Gasteiger charge is -2.15. The minimum atomic E-state index is 0.303. The monoisotopic (exact) mass is 321 g/mol. The van der Waals surface area contributed by atoms with Crippen LogP contribution in [0.15, 0.2) is 40.6 Å². The molecule has 1 N–H and O–H groups in total. The molecule has 5 heteroatoms. The third-order valence-electron chi connectivity index (χ3n) is 3.11. The van der Waals surface area contributed by atoms with Crippen LogP contribution in [0.2, 0.25) is 5.02 Å². The van der Waals surface area contributed by atoms with Crippen molar-refractivity contribution in [1.82, 2.24) is 15.3 Å². The van der Waals surface area contributed by atoms with E-state index in [0.29, 0.717) is 11.2 Å². The maximum absolute atomic E-state index is 6.38. The minimum absolute atomic E-state index is 0.303. The largest absolute Gasteiger partial charge is 0.310 e. The van der Waals surface area contributed by atoms with Gasteiger partial charge in [-0.1, -0.05) is 24.6 Å². The summed E-state index contributed by atoms with van der Waals surface area (Å²) in [7, 11) is 0. The molecule has 0 saturated heterocycles. The zero-order chi connectivity index (χ0) is 15.2. The molecule has 3 nitrogen and oxygen atoms in total. The van der Waals surface area contributed by atoms with Gasteiger partial charge in [-0.15, -0.1) is 0 Å². The van der Waals surface area contributed by atoms with E-state index < -0.39 is 0 Å². The van der Waals surface area contributed by atoms with E-state index in [4.69, 9.17) is 11.6 Å². The number of rotatable bonds is 6. The Hall–Kier alpha value is -1.10. The van der Waals surface area contributed by atoms with E-state index in [-0.39, 0.29) is 0 Å². The summed E-state index contributed by atoms with van der Waals surface area (Å²) in [4.78, 5) is 9.57. The van der Waals surface area contributed by atoms with Crippen LogP contribution in [0.5, 0.6) is 0 Å². The summed E-state index contributed by atoms with van der Waals surface area (Å²) in [6.45, 7) is 7.29. The van der Waals surface area contributed by atoms with Crippen LogP contribution < -0.4 is 5.32 Å². The van der Waals surface area contributed by atoms with E-state index in [2.05, 4.69) is 35.2 Å². The highest BCUT2D eigenvalue weighted by molar-refractivity contribution is 7.99. The van der Waals surface area contributed by atoms with Crippen LogP contribution in [0.4, 0.5) is 0 Å². The number of halogens is 1. The first-order chi connectivity index (χ1) is 10.1. The molecule has 2 rings (SSSR count). The minimum Gasteiger partial charge on any atom is -0.310 e. The Morgan fingerprint density at radius 1 is 1.29 bits per heavy atom. The molecule has 0 fully saturated rings. The van der Waals surface area contributed by atoms with Gasteiger partial charge in [0.1, 0.15) is 0 Å². The standard InChI is InChI=1S/C16H20ClN3S/c1-4-7-18-12(3)13-5-6-15(14(17)8-13)21-16-19-9-11(2)10-20-16/h5-6,8-10,12,18H,4,7H2,1-3H3. The molecule has 0 saturated carbocycles. The van der Waals surface area contributed by atoms with Crippen molar-refractivity contribution in [2.75, 3.05) is 6.54 Å². The lowest BCUT2D eigenvalue weighted by Crippen LogP contribution is -2.19. The van der Waals surface area contributed by atoms with E-state index in [0.717, 1.165) is 28.4 Å². The van der Waals surface area contributed by atoms with Crippen LogP contribution in [-0.2, 0) is 0 Å². The first kappa shape index (κ1) is 16.3. The zero-order valence-electron chi connectivity index (χ0n) is 12.6. The van der Waals surface area contributed by atoms with Gasteiger partial charge in [-0.2, -0.15) is 0 Å². The molecule has 0 aliphatic rings. The van der Waals surface area contributed by atoms with Gasteiger partial charge in [0.05, 0.1) is 5.02 Å². The molecular formula is C16H20ClN3S. The molecule has 0 spiro atoms.